The molecule has 0 saturated carbocycles. The highest BCUT2D eigenvalue weighted by Gasteiger charge is 2.09. The summed E-state index contributed by atoms with van der Waals surface area (Å²) in [7, 11) is 1.87. The van der Waals surface area contributed by atoms with Gasteiger partial charge in [0.25, 0.3) is 0 Å². The van der Waals surface area contributed by atoms with Gasteiger partial charge in [-0.2, -0.15) is 5.10 Å². The minimum atomic E-state index is -0.328. The molecule has 1 aromatic heterocycles. The lowest BCUT2D eigenvalue weighted by molar-refractivity contribution is -0.117. The zero-order valence-electron chi connectivity index (χ0n) is 13.9. The minimum absolute atomic E-state index is 0.149. The fraction of sp³-hybridized carbons (Fsp3) is 0.158. The molecular weight excluding hydrogens is 319 g/mol. The van der Waals surface area contributed by atoms with Crippen LogP contribution < -0.4 is 5.32 Å². The topological polar surface area (TPSA) is 50.2 Å². The van der Waals surface area contributed by atoms with Crippen LogP contribution in [-0.2, 0) is 11.3 Å². The third-order valence-corrected chi connectivity index (χ3v) is 3.65. The van der Waals surface area contributed by atoms with E-state index in [9.17, 15) is 9.18 Å². The average Bonchev–Trinajstić information content (AvgIpc) is 3.06. The first kappa shape index (κ1) is 16.9. The van der Waals surface area contributed by atoms with Crippen LogP contribution in [0.5, 0.6) is 0 Å². The number of rotatable bonds is 6. The molecule has 25 heavy (non-hydrogen) atoms. The predicted molar refractivity (Wildman–Crippen MR) is 94.9 cm³/mol. The van der Waals surface area contributed by atoms with E-state index in [-0.39, 0.29) is 18.3 Å². The predicted octanol–water partition coefficient (Wildman–Crippen LogP) is 3.08. The first-order valence-electron chi connectivity index (χ1n) is 7.93. The Morgan fingerprint density at radius 1 is 1.16 bits per heavy atom. The number of hydrogen-bond acceptors (Lipinski definition) is 3. The van der Waals surface area contributed by atoms with Crippen molar-refractivity contribution in [2.45, 2.75) is 6.54 Å². The van der Waals surface area contributed by atoms with Crippen LogP contribution in [0, 0.1) is 5.82 Å². The Morgan fingerprint density at radius 3 is 2.60 bits per heavy atom. The molecule has 2 aromatic carbocycles. The molecule has 0 unspecified atom stereocenters. The molecule has 0 saturated heterocycles. The molecule has 128 valence electrons. The van der Waals surface area contributed by atoms with Gasteiger partial charge in [-0.1, -0.05) is 18.2 Å². The fourth-order valence-electron chi connectivity index (χ4n) is 2.51. The van der Waals surface area contributed by atoms with Crippen molar-refractivity contribution < 1.29 is 9.18 Å². The second kappa shape index (κ2) is 7.72. The number of likely N-dealkylation sites (N-methyl/N-ethyl adjacent to an activating group) is 1. The average molecular weight is 338 g/mol. The molecule has 0 aliphatic heterocycles. The normalized spacial score (nSPS) is 10.8. The van der Waals surface area contributed by atoms with Crippen molar-refractivity contribution in [1.82, 2.24) is 14.7 Å². The zero-order valence-corrected chi connectivity index (χ0v) is 13.9. The third kappa shape index (κ3) is 4.74. The minimum Gasteiger partial charge on any atom is -0.325 e. The smallest absolute Gasteiger partial charge is 0.238 e. The Balaban J connectivity index is 1.54. The van der Waals surface area contributed by atoms with Gasteiger partial charge in [0.15, 0.2) is 0 Å². The van der Waals surface area contributed by atoms with Crippen LogP contribution in [0.25, 0.3) is 5.69 Å². The van der Waals surface area contributed by atoms with E-state index in [2.05, 4.69) is 10.4 Å². The van der Waals surface area contributed by atoms with Crippen molar-refractivity contribution in [2.24, 2.45) is 0 Å². The number of carbonyl (C=O) groups excluding carboxylic acids is 1. The van der Waals surface area contributed by atoms with Crippen LogP contribution in [0.4, 0.5) is 10.1 Å². The van der Waals surface area contributed by atoms with Gasteiger partial charge in [0, 0.05) is 24.0 Å². The number of nitrogens with zero attached hydrogens (tertiary/aromatic N) is 3. The number of anilines is 1. The van der Waals surface area contributed by atoms with Gasteiger partial charge in [-0.15, -0.1) is 0 Å². The molecule has 0 fully saturated rings. The van der Waals surface area contributed by atoms with Gasteiger partial charge < -0.3 is 5.32 Å². The monoisotopic (exact) mass is 338 g/mol. The molecule has 3 rings (SSSR count). The van der Waals surface area contributed by atoms with E-state index < -0.39 is 0 Å². The SMILES string of the molecule is CN(CC(=O)Nc1ccc(F)cc1)Cc1cnn(-c2ccccc2)c1. The Morgan fingerprint density at radius 2 is 1.88 bits per heavy atom. The number of amides is 1. The van der Waals surface area contributed by atoms with Gasteiger partial charge >= 0.3 is 0 Å². The summed E-state index contributed by atoms with van der Waals surface area (Å²) in [4.78, 5) is 14.0. The van der Waals surface area contributed by atoms with Crippen molar-refractivity contribution in [2.75, 3.05) is 18.9 Å². The number of halogens is 1. The Bertz CT molecular complexity index is 830. The van der Waals surface area contributed by atoms with Gasteiger partial charge in [-0.25, -0.2) is 9.07 Å². The van der Waals surface area contributed by atoms with Crippen molar-refractivity contribution >= 4 is 11.6 Å². The van der Waals surface area contributed by atoms with Crippen LogP contribution in [0.3, 0.4) is 0 Å². The van der Waals surface area contributed by atoms with Crippen LogP contribution in [0.2, 0.25) is 0 Å². The maximum atomic E-state index is 12.9. The number of benzene rings is 2. The standard InChI is InChI=1S/C19H19FN4O/c1-23(14-19(25)22-17-9-7-16(20)8-10-17)12-15-11-21-24(13-15)18-5-3-2-4-6-18/h2-11,13H,12,14H2,1H3,(H,22,25). The number of para-hydroxylation sites is 1. The zero-order chi connectivity index (χ0) is 17.6. The molecule has 0 atom stereocenters. The summed E-state index contributed by atoms with van der Waals surface area (Å²) in [5.41, 5.74) is 2.59. The number of carbonyl (C=O) groups is 1. The molecule has 6 heteroatoms. The van der Waals surface area contributed by atoms with E-state index in [1.165, 1.54) is 24.3 Å². The lowest BCUT2D eigenvalue weighted by atomic mass is 10.3. The number of nitrogens with one attached hydrogen (secondary N) is 1. The Labute approximate surface area is 145 Å². The van der Waals surface area contributed by atoms with E-state index in [1.807, 2.05) is 53.2 Å². The lowest BCUT2D eigenvalue weighted by Gasteiger charge is -2.15. The summed E-state index contributed by atoms with van der Waals surface area (Å²) < 4.78 is 14.7. The molecular formula is C19H19FN4O. The first-order chi connectivity index (χ1) is 12.1. The van der Waals surface area contributed by atoms with Gasteiger partial charge in [-0.05, 0) is 43.4 Å². The van der Waals surface area contributed by atoms with E-state index in [0.29, 0.717) is 12.2 Å². The van der Waals surface area contributed by atoms with Crippen LogP contribution in [-0.4, -0.2) is 34.2 Å². The summed E-state index contributed by atoms with van der Waals surface area (Å²) in [6.07, 6.45) is 3.74. The fourth-order valence-corrected chi connectivity index (χ4v) is 2.51. The molecule has 0 aliphatic carbocycles. The molecule has 1 N–H and O–H groups in total. The summed E-state index contributed by atoms with van der Waals surface area (Å²) in [5, 5.41) is 7.10. The molecule has 5 nitrogen and oxygen atoms in total. The Hall–Kier alpha value is -2.99. The molecule has 0 aliphatic rings. The van der Waals surface area contributed by atoms with Crippen molar-refractivity contribution in [1.29, 1.82) is 0 Å². The van der Waals surface area contributed by atoms with E-state index >= 15 is 0 Å². The van der Waals surface area contributed by atoms with Gasteiger partial charge in [-0.3, -0.25) is 9.69 Å². The van der Waals surface area contributed by atoms with E-state index in [0.717, 1.165) is 11.3 Å². The molecule has 0 spiro atoms. The lowest BCUT2D eigenvalue weighted by Crippen LogP contribution is -2.29. The molecule has 0 bridgehead atoms. The van der Waals surface area contributed by atoms with E-state index in [1.54, 1.807) is 6.20 Å². The molecule has 3 aromatic rings. The highest BCUT2D eigenvalue weighted by atomic mass is 19.1. The van der Waals surface area contributed by atoms with Gasteiger partial charge in [0.1, 0.15) is 5.82 Å². The maximum Gasteiger partial charge on any atom is 0.238 e. The largest absolute Gasteiger partial charge is 0.325 e. The molecule has 0 radical (unpaired) electrons. The van der Waals surface area contributed by atoms with E-state index in [4.69, 9.17) is 0 Å². The molecule has 1 amide bonds. The van der Waals surface area contributed by atoms with Gasteiger partial charge in [0.05, 0.1) is 18.4 Å². The van der Waals surface area contributed by atoms with Crippen LogP contribution in [0.15, 0.2) is 67.0 Å². The van der Waals surface area contributed by atoms with Crippen molar-refractivity contribution in [3.8, 4) is 5.69 Å². The summed E-state index contributed by atoms with van der Waals surface area (Å²) in [6, 6.07) is 15.6. The third-order valence-electron chi connectivity index (χ3n) is 3.65. The second-order valence-corrected chi connectivity index (χ2v) is 5.86. The van der Waals surface area contributed by atoms with Crippen LogP contribution >= 0.6 is 0 Å². The second-order valence-electron chi connectivity index (χ2n) is 5.86. The summed E-state index contributed by atoms with van der Waals surface area (Å²) in [6.45, 7) is 0.831. The van der Waals surface area contributed by atoms with Gasteiger partial charge in [0.2, 0.25) is 5.91 Å². The number of aromatic nitrogens is 2. The van der Waals surface area contributed by atoms with Crippen molar-refractivity contribution in [3.05, 3.63) is 78.4 Å². The van der Waals surface area contributed by atoms with Crippen molar-refractivity contribution in [3.63, 3.8) is 0 Å². The summed E-state index contributed by atoms with van der Waals surface area (Å²) >= 11 is 0. The Kier molecular flexibility index (Phi) is 5.20. The highest BCUT2D eigenvalue weighted by Crippen LogP contribution is 2.10. The quantitative estimate of drug-likeness (QED) is 0.751. The number of hydrogen-bond donors (Lipinski definition) is 1. The van der Waals surface area contributed by atoms with Crippen LogP contribution in [0.1, 0.15) is 5.56 Å². The molecule has 1 heterocycles. The highest BCUT2D eigenvalue weighted by molar-refractivity contribution is 5.92. The first-order valence-corrected chi connectivity index (χ1v) is 7.93. The maximum absolute atomic E-state index is 12.9. The summed E-state index contributed by atoms with van der Waals surface area (Å²) in [5.74, 6) is -0.477.